The zero-order valence-electron chi connectivity index (χ0n) is 18.2. The number of carbonyl (C=O) groups is 2. The minimum Gasteiger partial charge on any atom is -0.346 e. The predicted octanol–water partition coefficient (Wildman–Crippen LogP) is 2.60. The van der Waals surface area contributed by atoms with E-state index in [0.717, 1.165) is 43.2 Å². The predicted molar refractivity (Wildman–Crippen MR) is 121 cm³/mol. The van der Waals surface area contributed by atoms with Crippen molar-refractivity contribution in [3.05, 3.63) is 21.8 Å². The molecular formula is C23H29N5O2S. The highest BCUT2D eigenvalue weighted by molar-refractivity contribution is 7.07. The Labute approximate surface area is 187 Å². The van der Waals surface area contributed by atoms with Crippen molar-refractivity contribution in [1.29, 1.82) is 0 Å². The highest BCUT2D eigenvalue weighted by Crippen LogP contribution is 2.57. The smallest absolute Gasteiger partial charge is 0.324 e. The number of terminal acetylenes is 1. The highest BCUT2D eigenvalue weighted by Gasteiger charge is 2.63. The van der Waals surface area contributed by atoms with E-state index in [4.69, 9.17) is 6.42 Å². The van der Waals surface area contributed by atoms with Gasteiger partial charge >= 0.3 is 6.03 Å². The minimum atomic E-state index is -0.178. The minimum absolute atomic E-state index is 0.0284. The van der Waals surface area contributed by atoms with Gasteiger partial charge in [0.1, 0.15) is 0 Å². The Kier molecular flexibility index (Phi) is 5.06. The number of amides is 3. The van der Waals surface area contributed by atoms with Gasteiger partial charge in [-0.25, -0.2) is 4.79 Å². The van der Waals surface area contributed by atoms with Crippen LogP contribution in [0.15, 0.2) is 5.70 Å². The van der Waals surface area contributed by atoms with E-state index in [2.05, 4.69) is 27.4 Å². The lowest BCUT2D eigenvalue weighted by Gasteiger charge is -2.58. The van der Waals surface area contributed by atoms with E-state index in [-0.39, 0.29) is 18.0 Å². The molecule has 5 rings (SSSR count). The number of rotatable bonds is 6. The first kappa shape index (κ1) is 20.5. The van der Waals surface area contributed by atoms with Crippen LogP contribution >= 0.6 is 11.5 Å². The van der Waals surface area contributed by atoms with E-state index in [1.54, 1.807) is 4.90 Å². The van der Waals surface area contributed by atoms with Crippen LogP contribution in [-0.2, 0) is 0 Å². The number of nitrogens with zero attached hydrogens (tertiary/aromatic N) is 4. The van der Waals surface area contributed by atoms with Crippen LogP contribution in [0.1, 0.15) is 60.5 Å². The molecular weight excluding hydrogens is 410 g/mol. The van der Waals surface area contributed by atoms with E-state index >= 15 is 0 Å². The number of hydrogen-bond acceptors (Lipinski definition) is 5. The standard InChI is InChI=1S/C23H29N5O2S/c1-4-9-26-11-12-28(22(26)30)15(3)13-19-16(5-2)20(25-31-19)21(29)24-18-14-27-10-8-23(27)7-6-17(18)23/h2,13,17-18H,4,6-12,14H2,1,3H3,(H,24,29)/b15-13+/t17-,18+,23?/m1/s1. The molecule has 1 aromatic heterocycles. The van der Waals surface area contributed by atoms with Gasteiger partial charge < -0.3 is 10.2 Å². The lowest BCUT2D eigenvalue weighted by molar-refractivity contribution is -0.0676. The number of nitrogens with one attached hydrogen (secondary N) is 1. The van der Waals surface area contributed by atoms with Crippen molar-refractivity contribution < 1.29 is 9.59 Å². The molecule has 1 N–H and O–H groups in total. The van der Waals surface area contributed by atoms with Crippen LogP contribution in [0.4, 0.5) is 4.79 Å². The Morgan fingerprint density at radius 1 is 1.39 bits per heavy atom. The van der Waals surface area contributed by atoms with Crippen molar-refractivity contribution in [3.8, 4) is 12.3 Å². The average molecular weight is 440 g/mol. The summed E-state index contributed by atoms with van der Waals surface area (Å²) in [6, 6.07) is 0.212. The third-order valence-corrected chi connectivity index (χ3v) is 8.47. The van der Waals surface area contributed by atoms with Crippen LogP contribution in [0.3, 0.4) is 0 Å². The number of carbonyl (C=O) groups excluding carboxylic acids is 2. The second-order valence-corrected chi connectivity index (χ2v) is 9.95. The highest BCUT2D eigenvalue weighted by atomic mass is 32.1. The van der Waals surface area contributed by atoms with Gasteiger partial charge in [-0.2, -0.15) is 4.37 Å². The van der Waals surface area contributed by atoms with E-state index in [9.17, 15) is 9.59 Å². The second-order valence-electron chi connectivity index (χ2n) is 9.15. The Morgan fingerprint density at radius 2 is 2.23 bits per heavy atom. The van der Waals surface area contributed by atoms with Crippen molar-refractivity contribution in [3.63, 3.8) is 0 Å². The van der Waals surface area contributed by atoms with E-state index < -0.39 is 0 Å². The van der Waals surface area contributed by atoms with Crippen molar-refractivity contribution in [1.82, 2.24) is 24.4 Å². The van der Waals surface area contributed by atoms with Crippen LogP contribution in [0, 0.1) is 18.3 Å². The molecule has 1 unspecified atom stereocenters. The molecule has 1 aliphatic carbocycles. The molecule has 31 heavy (non-hydrogen) atoms. The van der Waals surface area contributed by atoms with Crippen LogP contribution in [0.25, 0.3) is 6.08 Å². The van der Waals surface area contributed by atoms with Crippen LogP contribution in [0.5, 0.6) is 0 Å². The molecule has 0 radical (unpaired) electrons. The Balaban J connectivity index is 1.31. The molecule has 0 bridgehead atoms. The van der Waals surface area contributed by atoms with Crippen molar-refractivity contribution in [2.45, 2.75) is 51.1 Å². The molecule has 0 aromatic carbocycles. The lowest BCUT2D eigenvalue weighted by Crippen LogP contribution is -2.64. The number of allylic oxidation sites excluding steroid dienone is 1. The first-order valence-corrected chi connectivity index (χ1v) is 12.0. The fourth-order valence-electron chi connectivity index (χ4n) is 5.85. The SMILES string of the molecule is C#Cc1c(C(=O)N[C@H]2CN3CCC34CC[C@H]24)nsc1/C=C(\C)N1CCN(CCC)C1=O. The van der Waals surface area contributed by atoms with Crippen molar-refractivity contribution in [2.24, 2.45) is 5.92 Å². The van der Waals surface area contributed by atoms with Gasteiger partial charge in [0.2, 0.25) is 0 Å². The third kappa shape index (κ3) is 3.09. The number of hydrogen-bond donors (Lipinski definition) is 1. The topological polar surface area (TPSA) is 68.8 Å². The molecule has 1 saturated carbocycles. The molecule has 7 nitrogen and oxygen atoms in total. The zero-order chi connectivity index (χ0) is 21.8. The van der Waals surface area contributed by atoms with Gasteiger partial charge in [0, 0.05) is 50.0 Å². The summed E-state index contributed by atoms with van der Waals surface area (Å²) in [5.74, 6) is 3.05. The number of urea groups is 1. The summed E-state index contributed by atoms with van der Waals surface area (Å²) in [5.41, 5.74) is 2.04. The molecule has 8 heteroatoms. The van der Waals surface area contributed by atoms with Crippen LogP contribution < -0.4 is 5.32 Å². The normalized spacial score (nSPS) is 29.8. The van der Waals surface area contributed by atoms with E-state index in [1.165, 1.54) is 30.8 Å². The monoisotopic (exact) mass is 439 g/mol. The summed E-state index contributed by atoms with van der Waals surface area (Å²) >= 11 is 1.22. The molecule has 4 aliphatic rings. The largest absolute Gasteiger partial charge is 0.346 e. The fraction of sp³-hybridized carbons (Fsp3) is 0.609. The Morgan fingerprint density at radius 3 is 2.84 bits per heavy atom. The first-order chi connectivity index (χ1) is 15.0. The van der Waals surface area contributed by atoms with Crippen molar-refractivity contribution in [2.75, 3.05) is 32.7 Å². The molecule has 3 atom stereocenters. The maximum Gasteiger partial charge on any atom is 0.324 e. The molecule has 164 valence electrons. The van der Waals surface area contributed by atoms with Gasteiger partial charge in [-0.05, 0) is 56.1 Å². The molecule has 1 spiro atoms. The van der Waals surface area contributed by atoms with Crippen molar-refractivity contribution >= 4 is 29.5 Å². The molecule has 3 aliphatic heterocycles. The second kappa shape index (κ2) is 7.64. The van der Waals surface area contributed by atoms with Gasteiger partial charge in [-0.15, -0.1) is 6.42 Å². The van der Waals surface area contributed by atoms with Gasteiger partial charge in [-0.1, -0.05) is 12.8 Å². The summed E-state index contributed by atoms with van der Waals surface area (Å²) in [5, 5.41) is 3.22. The average Bonchev–Trinajstić information content (AvgIpc) is 3.31. The molecule has 4 heterocycles. The summed E-state index contributed by atoms with van der Waals surface area (Å²) in [4.78, 5) is 32.6. The quantitative estimate of drug-likeness (QED) is 0.692. The van der Waals surface area contributed by atoms with Crippen LogP contribution in [-0.4, -0.2) is 75.3 Å². The third-order valence-electron chi connectivity index (χ3n) is 7.67. The van der Waals surface area contributed by atoms with Gasteiger partial charge in [0.25, 0.3) is 5.91 Å². The van der Waals surface area contributed by atoms with Gasteiger partial charge in [-0.3, -0.25) is 14.6 Å². The summed E-state index contributed by atoms with van der Waals surface area (Å²) in [6.07, 6.45) is 12.3. The summed E-state index contributed by atoms with van der Waals surface area (Å²) in [7, 11) is 0. The first-order valence-electron chi connectivity index (χ1n) is 11.3. The van der Waals surface area contributed by atoms with E-state index in [1.807, 2.05) is 17.9 Å². The lowest BCUT2D eigenvalue weighted by atomic mass is 9.61. The fourth-order valence-corrected chi connectivity index (χ4v) is 6.69. The molecule has 3 saturated heterocycles. The maximum atomic E-state index is 13.0. The number of aromatic nitrogens is 1. The van der Waals surface area contributed by atoms with Crippen LogP contribution in [0.2, 0.25) is 0 Å². The van der Waals surface area contributed by atoms with E-state index in [0.29, 0.717) is 29.3 Å². The zero-order valence-corrected chi connectivity index (χ0v) is 19.0. The van der Waals surface area contributed by atoms with Gasteiger partial charge in [0.15, 0.2) is 5.69 Å². The maximum absolute atomic E-state index is 13.0. The summed E-state index contributed by atoms with van der Waals surface area (Å²) in [6.45, 7) is 8.23. The van der Waals surface area contributed by atoms with Gasteiger partial charge in [0.05, 0.1) is 10.4 Å². The Hall–Kier alpha value is -2.37. The molecule has 4 fully saturated rings. The molecule has 1 aromatic rings. The molecule has 3 amide bonds. The summed E-state index contributed by atoms with van der Waals surface area (Å²) < 4.78 is 4.40. The Bertz CT molecular complexity index is 991.